The van der Waals surface area contributed by atoms with Gasteiger partial charge in [0, 0.05) is 18.7 Å². The Bertz CT molecular complexity index is 1080. The van der Waals surface area contributed by atoms with Crippen molar-refractivity contribution in [1.82, 2.24) is 4.72 Å². The SMILES string of the molecule is COC(=O)c1cc(CNS(=O)(=O)c2cc3c(cc2F)NC(=O)CC3)ccc1OC. The number of hydrogen-bond acceptors (Lipinski definition) is 6. The molecule has 0 aromatic heterocycles. The fourth-order valence-corrected chi connectivity index (χ4v) is 4.10. The number of aryl methyl sites for hydroxylation is 1. The van der Waals surface area contributed by atoms with Crippen LogP contribution in [0.1, 0.15) is 27.9 Å². The van der Waals surface area contributed by atoms with Crippen LogP contribution in [0.3, 0.4) is 0 Å². The van der Waals surface area contributed by atoms with Gasteiger partial charge >= 0.3 is 5.97 Å². The third kappa shape index (κ3) is 4.38. The molecule has 2 aromatic rings. The number of amides is 1. The fraction of sp³-hybridized carbons (Fsp3) is 0.263. The summed E-state index contributed by atoms with van der Waals surface area (Å²) in [5.41, 5.74) is 1.42. The number of nitrogens with one attached hydrogen (secondary N) is 2. The molecule has 0 saturated carbocycles. The molecule has 1 heterocycles. The number of carbonyl (C=O) groups excluding carboxylic acids is 2. The van der Waals surface area contributed by atoms with Gasteiger partial charge in [-0.15, -0.1) is 0 Å². The van der Waals surface area contributed by atoms with Crippen LogP contribution in [-0.2, 0) is 32.5 Å². The van der Waals surface area contributed by atoms with Gasteiger partial charge in [-0.3, -0.25) is 4.79 Å². The molecule has 29 heavy (non-hydrogen) atoms. The van der Waals surface area contributed by atoms with Crippen molar-refractivity contribution in [2.24, 2.45) is 0 Å². The highest BCUT2D eigenvalue weighted by molar-refractivity contribution is 7.89. The van der Waals surface area contributed by atoms with Crippen LogP contribution in [-0.4, -0.2) is 34.5 Å². The average molecular weight is 422 g/mol. The summed E-state index contributed by atoms with van der Waals surface area (Å²) < 4.78 is 51.7. The smallest absolute Gasteiger partial charge is 0.341 e. The Morgan fingerprint density at radius 1 is 1.21 bits per heavy atom. The second-order valence-corrected chi connectivity index (χ2v) is 8.07. The minimum Gasteiger partial charge on any atom is -0.496 e. The van der Waals surface area contributed by atoms with Crippen molar-refractivity contribution in [2.75, 3.05) is 19.5 Å². The number of benzene rings is 2. The van der Waals surface area contributed by atoms with Crippen LogP contribution in [0.15, 0.2) is 35.2 Å². The number of halogens is 1. The van der Waals surface area contributed by atoms with E-state index in [0.717, 1.165) is 6.07 Å². The topological polar surface area (TPSA) is 111 Å². The third-order valence-electron chi connectivity index (χ3n) is 4.48. The van der Waals surface area contributed by atoms with Crippen molar-refractivity contribution < 1.29 is 31.9 Å². The van der Waals surface area contributed by atoms with E-state index in [1.165, 1.54) is 32.4 Å². The van der Waals surface area contributed by atoms with Gasteiger partial charge in [0.15, 0.2) is 0 Å². The summed E-state index contributed by atoms with van der Waals surface area (Å²) in [5, 5.41) is 2.52. The summed E-state index contributed by atoms with van der Waals surface area (Å²) in [5.74, 6) is -1.56. The normalized spacial score (nSPS) is 13.4. The minimum atomic E-state index is -4.18. The molecule has 154 valence electrons. The molecular formula is C19H19FN2O6S. The van der Waals surface area contributed by atoms with Crippen LogP contribution < -0.4 is 14.8 Å². The molecule has 0 aliphatic carbocycles. The van der Waals surface area contributed by atoms with Gasteiger partial charge in [-0.2, -0.15) is 0 Å². The molecule has 2 N–H and O–H groups in total. The number of rotatable bonds is 6. The molecular weight excluding hydrogens is 403 g/mol. The highest BCUT2D eigenvalue weighted by Gasteiger charge is 2.24. The lowest BCUT2D eigenvalue weighted by molar-refractivity contribution is -0.116. The van der Waals surface area contributed by atoms with E-state index in [2.05, 4.69) is 14.8 Å². The number of hydrogen-bond donors (Lipinski definition) is 2. The lowest BCUT2D eigenvalue weighted by Gasteiger charge is -2.18. The maximum absolute atomic E-state index is 14.4. The summed E-state index contributed by atoms with van der Waals surface area (Å²) in [6, 6.07) is 6.75. The van der Waals surface area contributed by atoms with Gasteiger partial charge in [-0.1, -0.05) is 6.07 Å². The van der Waals surface area contributed by atoms with Crippen LogP contribution in [0.5, 0.6) is 5.75 Å². The van der Waals surface area contributed by atoms with E-state index in [-0.39, 0.29) is 35.9 Å². The first kappa shape index (κ1) is 20.7. The van der Waals surface area contributed by atoms with Gasteiger partial charge in [0.05, 0.1) is 14.2 Å². The number of esters is 1. The molecule has 0 radical (unpaired) electrons. The van der Waals surface area contributed by atoms with Crippen molar-refractivity contribution in [3.05, 3.63) is 52.8 Å². The van der Waals surface area contributed by atoms with Gasteiger partial charge < -0.3 is 14.8 Å². The lowest BCUT2D eigenvalue weighted by Crippen LogP contribution is -2.26. The molecule has 1 aliphatic heterocycles. The number of sulfonamides is 1. The van der Waals surface area contributed by atoms with Crippen molar-refractivity contribution in [3.63, 3.8) is 0 Å². The highest BCUT2D eigenvalue weighted by atomic mass is 32.2. The Kier molecular flexibility index (Phi) is 5.85. The first-order valence-electron chi connectivity index (χ1n) is 8.62. The summed E-state index contributed by atoms with van der Waals surface area (Å²) in [4.78, 5) is 22.8. The largest absolute Gasteiger partial charge is 0.496 e. The van der Waals surface area contributed by atoms with Crippen molar-refractivity contribution in [2.45, 2.75) is 24.3 Å². The molecule has 0 bridgehead atoms. The molecule has 1 aliphatic rings. The Morgan fingerprint density at radius 3 is 2.66 bits per heavy atom. The van der Waals surface area contributed by atoms with Crippen LogP contribution in [0, 0.1) is 5.82 Å². The van der Waals surface area contributed by atoms with Gasteiger partial charge in [0.1, 0.15) is 22.0 Å². The molecule has 0 fully saturated rings. The molecule has 8 nitrogen and oxygen atoms in total. The molecule has 0 atom stereocenters. The van der Waals surface area contributed by atoms with Crippen molar-refractivity contribution >= 4 is 27.6 Å². The Balaban J connectivity index is 1.84. The van der Waals surface area contributed by atoms with E-state index >= 15 is 0 Å². The summed E-state index contributed by atoms with van der Waals surface area (Å²) in [6.45, 7) is -0.177. The van der Waals surface area contributed by atoms with E-state index < -0.39 is 26.7 Å². The number of carbonyl (C=O) groups is 2. The second kappa shape index (κ2) is 8.18. The van der Waals surface area contributed by atoms with Crippen LogP contribution in [0.2, 0.25) is 0 Å². The van der Waals surface area contributed by atoms with Crippen molar-refractivity contribution in [1.29, 1.82) is 0 Å². The molecule has 2 aromatic carbocycles. The summed E-state index contributed by atoms with van der Waals surface area (Å²) >= 11 is 0. The Morgan fingerprint density at radius 2 is 1.97 bits per heavy atom. The van der Waals surface area contributed by atoms with E-state index in [1.54, 1.807) is 6.07 Å². The Hall–Kier alpha value is -2.98. The molecule has 1 amide bonds. The molecule has 0 unspecified atom stereocenters. The highest BCUT2D eigenvalue weighted by Crippen LogP contribution is 2.28. The quantitative estimate of drug-likeness (QED) is 0.689. The van der Waals surface area contributed by atoms with Gasteiger partial charge in [0.25, 0.3) is 0 Å². The number of anilines is 1. The van der Waals surface area contributed by atoms with E-state index in [0.29, 0.717) is 17.5 Å². The average Bonchev–Trinajstić information content (AvgIpc) is 2.70. The standard InChI is InChI=1S/C19H19FN2O6S/c1-27-16-5-3-11(7-13(16)19(24)28-2)10-21-29(25,26)17-8-12-4-6-18(23)22-15(12)9-14(17)20/h3,5,7-9,21H,4,6,10H2,1-2H3,(H,22,23). The predicted molar refractivity (Wildman–Crippen MR) is 102 cm³/mol. The zero-order valence-electron chi connectivity index (χ0n) is 15.7. The van der Waals surface area contributed by atoms with E-state index in [9.17, 15) is 22.4 Å². The first-order valence-corrected chi connectivity index (χ1v) is 10.1. The Labute approximate surface area is 167 Å². The lowest BCUT2D eigenvalue weighted by atomic mass is 10.0. The molecule has 3 rings (SSSR count). The molecule has 10 heteroatoms. The van der Waals surface area contributed by atoms with Crippen LogP contribution >= 0.6 is 0 Å². The zero-order valence-corrected chi connectivity index (χ0v) is 16.6. The minimum absolute atomic E-state index is 0.141. The number of methoxy groups -OCH3 is 2. The van der Waals surface area contributed by atoms with Crippen LogP contribution in [0.4, 0.5) is 10.1 Å². The second-order valence-electron chi connectivity index (χ2n) is 6.34. The summed E-state index contributed by atoms with van der Waals surface area (Å²) in [6.07, 6.45) is 0.526. The maximum atomic E-state index is 14.4. The molecule has 0 saturated heterocycles. The van der Waals surface area contributed by atoms with Crippen LogP contribution in [0.25, 0.3) is 0 Å². The monoisotopic (exact) mass is 422 g/mol. The fourth-order valence-electron chi connectivity index (χ4n) is 2.98. The van der Waals surface area contributed by atoms with E-state index in [4.69, 9.17) is 4.74 Å². The van der Waals surface area contributed by atoms with E-state index in [1.807, 2.05) is 0 Å². The zero-order chi connectivity index (χ0) is 21.2. The molecule has 0 spiro atoms. The third-order valence-corrected chi connectivity index (χ3v) is 5.89. The maximum Gasteiger partial charge on any atom is 0.341 e. The van der Waals surface area contributed by atoms with Gasteiger partial charge in [-0.25, -0.2) is 22.3 Å². The van der Waals surface area contributed by atoms with Gasteiger partial charge in [0.2, 0.25) is 15.9 Å². The predicted octanol–water partition coefficient (Wildman–Crippen LogP) is 1.98. The number of fused-ring (bicyclic) bond motifs is 1. The summed E-state index contributed by atoms with van der Waals surface area (Å²) in [7, 11) is -1.56. The number of ether oxygens (including phenoxy) is 2. The van der Waals surface area contributed by atoms with Crippen molar-refractivity contribution in [3.8, 4) is 5.75 Å². The first-order chi connectivity index (χ1) is 13.7. The van der Waals surface area contributed by atoms with Gasteiger partial charge in [-0.05, 0) is 41.8 Å².